The Balaban J connectivity index is 2.10. The van der Waals surface area contributed by atoms with E-state index in [2.05, 4.69) is 4.72 Å². The van der Waals surface area contributed by atoms with E-state index in [4.69, 9.17) is 5.73 Å². The van der Waals surface area contributed by atoms with E-state index in [1.165, 1.54) is 12.1 Å². The molecular weight excluding hydrogens is 284 g/mol. The highest BCUT2D eigenvalue weighted by Crippen LogP contribution is 2.16. The molecule has 0 aliphatic rings. The molecule has 3 N–H and O–H groups in total. The fourth-order valence-electron chi connectivity index (χ4n) is 1.39. The lowest BCUT2D eigenvalue weighted by atomic mass is 10.3. The summed E-state index contributed by atoms with van der Waals surface area (Å²) < 4.78 is 36.1. The van der Waals surface area contributed by atoms with Crippen molar-refractivity contribution >= 4 is 33.4 Å². The van der Waals surface area contributed by atoms with E-state index < -0.39 is 22.1 Å². The molecule has 100 valence electrons. The van der Waals surface area contributed by atoms with Gasteiger partial charge in [-0.1, -0.05) is 0 Å². The molecule has 0 saturated carbocycles. The van der Waals surface area contributed by atoms with Crippen molar-refractivity contribution in [2.24, 2.45) is 0 Å². The third kappa shape index (κ3) is 3.63. The van der Waals surface area contributed by atoms with Crippen LogP contribution in [0.2, 0.25) is 0 Å². The standard InChI is InChI=1S/C12H12N2O3S2/c13-9-1-5-11(6-2-9)18(15)14-10-3-7-12(8-4-10)19(16)17/h1-8,14H,13H2,(H,16,17)/p-1. The Hall–Kier alpha value is -1.70. The number of nitrogen functional groups attached to an aromatic ring is 1. The van der Waals surface area contributed by atoms with Crippen LogP contribution in [0.4, 0.5) is 11.4 Å². The lowest BCUT2D eigenvalue weighted by molar-refractivity contribution is 0.537. The van der Waals surface area contributed by atoms with Gasteiger partial charge in [0.15, 0.2) is 0 Å². The minimum absolute atomic E-state index is 0.184. The zero-order chi connectivity index (χ0) is 13.8. The van der Waals surface area contributed by atoms with Gasteiger partial charge in [0, 0.05) is 16.3 Å². The molecule has 0 bridgehead atoms. The molecule has 0 aliphatic carbocycles. The zero-order valence-corrected chi connectivity index (χ0v) is 11.4. The van der Waals surface area contributed by atoms with Crippen LogP contribution in [0.1, 0.15) is 0 Å². The van der Waals surface area contributed by atoms with Gasteiger partial charge in [0.25, 0.3) is 0 Å². The van der Waals surface area contributed by atoms with Crippen LogP contribution in [-0.4, -0.2) is 13.0 Å². The Morgan fingerprint density at radius 1 is 0.895 bits per heavy atom. The van der Waals surface area contributed by atoms with E-state index in [9.17, 15) is 13.0 Å². The number of nitrogens with one attached hydrogen (secondary N) is 1. The third-order valence-electron chi connectivity index (χ3n) is 2.35. The van der Waals surface area contributed by atoms with Gasteiger partial charge >= 0.3 is 0 Å². The fourth-order valence-corrected chi connectivity index (χ4v) is 2.60. The predicted molar refractivity (Wildman–Crippen MR) is 74.5 cm³/mol. The summed E-state index contributed by atoms with van der Waals surface area (Å²) in [5, 5.41) is 0. The SMILES string of the molecule is Nc1ccc(S(=O)Nc2ccc(S(=O)[O-])cc2)cc1. The Morgan fingerprint density at radius 3 is 1.95 bits per heavy atom. The number of anilines is 2. The highest BCUT2D eigenvalue weighted by molar-refractivity contribution is 7.86. The van der Waals surface area contributed by atoms with Crippen LogP contribution in [0, 0.1) is 0 Å². The van der Waals surface area contributed by atoms with Gasteiger partial charge in [0.05, 0.1) is 4.90 Å². The maximum absolute atomic E-state index is 12.0. The van der Waals surface area contributed by atoms with Gasteiger partial charge < -0.3 is 15.0 Å². The fraction of sp³-hybridized carbons (Fsp3) is 0. The van der Waals surface area contributed by atoms with Crippen LogP contribution in [-0.2, 0) is 22.1 Å². The Labute approximate surface area is 115 Å². The number of hydrogen-bond donors (Lipinski definition) is 2. The molecule has 0 spiro atoms. The van der Waals surface area contributed by atoms with E-state index in [1.54, 1.807) is 36.4 Å². The first kappa shape index (κ1) is 13.7. The molecule has 2 aromatic rings. The van der Waals surface area contributed by atoms with Gasteiger partial charge in [-0.2, -0.15) is 0 Å². The van der Waals surface area contributed by atoms with Crippen molar-refractivity contribution < 1.29 is 13.0 Å². The summed E-state index contributed by atoms with van der Waals surface area (Å²) in [7, 11) is -1.42. The molecule has 0 aromatic heterocycles. The van der Waals surface area contributed by atoms with Gasteiger partial charge in [-0.15, -0.1) is 0 Å². The lowest BCUT2D eigenvalue weighted by Gasteiger charge is -2.08. The highest BCUT2D eigenvalue weighted by atomic mass is 32.2. The summed E-state index contributed by atoms with van der Waals surface area (Å²) in [6.45, 7) is 0. The van der Waals surface area contributed by atoms with Crippen molar-refractivity contribution in [1.82, 2.24) is 0 Å². The van der Waals surface area contributed by atoms with Crippen LogP contribution in [0.15, 0.2) is 58.3 Å². The highest BCUT2D eigenvalue weighted by Gasteiger charge is 2.03. The van der Waals surface area contributed by atoms with Crippen molar-refractivity contribution in [1.29, 1.82) is 0 Å². The summed E-state index contributed by atoms with van der Waals surface area (Å²) in [5.74, 6) is 0. The van der Waals surface area contributed by atoms with E-state index in [1.807, 2.05) is 0 Å². The number of rotatable bonds is 4. The Bertz CT molecular complexity index is 612. The quantitative estimate of drug-likeness (QED) is 0.662. The smallest absolute Gasteiger partial charge is 0.150 e. The van der Waals surface area contributed by atoms with Crippen molar-refractivity contribution in [3.63, 3.8) is 0 Å². The molecule has 0 fully saturated rings. The van der Waals surface area contributed by atoms with Crippen LogP contribution in [0.3, 0.4) is 0 Å². The van der Waals surface area contributed by atoms with Gasteiger partial charge in [-0.05, 0) is 59.6 Å². The van der Waals surface area contributed by atoms with Crippen molar-refractivity contribution in [2.75, 3.05) is 10.5 Å². The first-order chi connectivity index (χ1) is 9.06. The molecule has 0 radical (unpaired) electrons. The monoisotopic (exact) mass is 295 g/mol. The predicted octanol–water partition coefficient (Wildman–Crippen LogP) is 1.64. The second-order valence-electron chi connectivity index (χ2n) is 3.70. The van der Waals surface area contributed by atoms with Crippen LogP contribution in [0.25, 0.3) is 0 Å². The molecule has 19 heavy (non-hydrogen) atoms. The molecule has 5 nitrogen and oxygen atoms in total. The lowest BCUT2D eigenvalue weighted by Crippen LogP contribution is -2.04. The van der Waals surface area contributed by atoms with E-state index >= 15 is 0 Å². The molecule has 2 atom stereocenters. The maximum atomic E-state index is 12.0. The van der Waals surface area contributed by atoms with Gasteiger partial charge in [0.1, 0.15) is 11.0 Å². The van der Waals surface area contributed by atoms with E-state index in [0.29, 0.717) is 16.3 Å². The van der Waals surface area contributed by atoms with Crippen molar-refractivity contribution in [3.8, 4) is 0 Å². The summed E-state index contributed by atoms with van der Waals surface area (Å²) >= 11 is -2.26. The largest absolute Gasteiger partial charge is 0.768 e. The van der Waals surface area contributed by atoms with Crippen LogP contribution in [0.5, 0.6) is 0 Å². The molecule has 0 aliphatic heterocycles. The van der Waals surface area contributed by atoms with Crippen molar-refractivity contribution in [3.05, 3.63) is 48.5 Å². The minimum atomic E-state index is -2.26. The summed E-state index contributed by atoms with van der Waals surface area (Å²) in [5.41, 5.74) is 6.72. The average Bonchev–Trinajstić information content (AvgIpc) is 2.40. The number of hydrogen-bond acceptors (Lipinski definition) is 4. The van der Waals surface area contributed by atoms with Gasteiger partial charge in [0.2, 0.25) is 0 Å². The van der Waals surface area contributed by atoms with Crippen molar-refractivity contribution in [2.45, 2.75) is 9.79 Å². The summed E-state index contributed by atoms with van der Waals surface area (Å²) in [4.78, 5) is 0.773. The maximum Gasteiger partial charge on any atom is 0.150 e. The second kappa shape index (κ2) is 5.96. The van der Waals surface area contributed by atoms with Gasteiger partial charge in [-0.25, -0.2) is 4.21 Å². The summed E-state index contributed by atoms with van der Waals surface area (Å²) in [6, 6.07) is 12.6. The molecule has 0 saturated heterocycles. The zero-order valence-electron chi connectivity index (χ0n) is 9.74. The minimum Gasteiger partial charge on any atom is -0.768 e. The number of benzene rings is 2. The summed E-state index contributed by atoms with van der Waals surface area (Å²) in [6.07, 6.45) is 0. The topological polar surface area (TPSA) is 95.2 Å². The Kier molecular flexibility index (Phi) is 4.31. The van der Waals surface area contributed by atoms with Crippen LogP contribution < -0.4 is 10.5 Å². The first-order valence-corrected chi connectivity index (χ1v) is 7.52. The molecule has 0 heterocycles. The molecule has 2 unspecified atom stereocenters. The molecule has 2 aromatic carbocycles. The molecule has 0 amide bonds. The first-order valence-electron chi connectivity index (χ1n) is 5.29. The number of nitrogens with two attached hydrogens (primary N) is 1. The normalized spacial score (nSPS) is 13.7. The second-order valence-corrected chi connectivity index (χ2v) is 5.85. The molecule has 7 heteroatoms. The molecule has 2 rings (SSSR count). The molecular formula is C12H11N2O3S2-. The third-order valence-corrected chi connectivity index (χ3v) is 4.13. The van der Waals surface area contributed by atoms with E-state index in [-0.39, 0.29) is 4.90 Å². The van der Waals surface area contributed by atoms with Gasteiger partial charge in [-0.3, -0.25) is 4.21 Å². The average molecular weight is 295 g/mol. The Morgan fingerprint density at radius 2 is 1.42 bits per heavy atom. The van der Waals surface area contributed by atoms with Crippen LogP contribution >= 0.6 is 0 Å². The van der Waals surface area contributed by atoms with E-state index in [0.717, 1.165) is 0 Å².